The predicted octanol–water partition coefficient (Wildman–Crippen LogP) is 1.52. The van der Waals surface area contributed by atoms with Crippen LogP contribution >= 0.6 is 15.9 Å². The molecule has 0 bridgehead atoms. The van der Waals surface area contributed by atoms with Gasteiger partial charge >= 0.3 is 0 Å². The van der Waals surface area contributed by atoms with Gasteiger partial charge in [-0.2, -0.15) is 0 Å². The maximum absolute atomic E-state index is 9.09. The minimum absolute atomic E-state index is 0.898. The van der Waals surface area contributed by atoms with Crippen LogP contribution in [0.15, 0.2) is 35.3 Å². The van der Waals surface area contributed by atoms with E-state index in [1.54, 1.807) is 24.8 Å². The Balaban J connectivity index is 2.86. The highest BCUT2D eigenvalue weighted by molar-refractivity contribution is 9.10. The van der Waals surface area contributed by atoms with E-state index in [4.69, 9.17) is 5.21 Å². The first-order valence-corrected chi connectivity index (χ1v) is 4.20. The Morgan fingerprint density at radius 2 is 2.25 bits per heavy atom. The van der Waals surface area contributed by atoms with Crippen LogP contribution in [-0.2, 0) is 0 Å². The van der Waals surface area contributed by atoms with E-state index < -0.39 is 0 Å². The summed E-state index contributed by atoms with van der Waals surface area (Å²) in [5, 5.41) is 11.0. The third kappa shape index (κ3) is 1.14. The van der Waals surface area contributed by atoms with Gasteiger partial charge in [-0.25, -0.2) is 0 Å². The molecule has 0 unspecified atom stereocenters. The molecule has 0 atom stereocenters. The van der Waals surface area contributed by atoms with Crippen LogP contribution in [0.5, 0.6) is 0 Å². The molecule has 3 nitrogen and oxygen atoms in total. The van der Waals surface area contributed by atoms with Crippen molar-refractivity contribution >= 4 is 26.7 Å². The van der Waals surface area contributed by atoms with Gasteiger partial charge < -0.3 is 0 Å². The summed E-state index contributed by atoms with van der Waals surface area (Å²) in [7, 11) is 0. The topological polar surface area (TPSA) is 37.0 Å². The van der Waals surface area contributed by atoms with Crippen LogP contribution < -0.4 is 4.73 Å². The highest BCUT2D eigenvalue weighted by Crippen LogP contribution is 2.19. The fourth-order valence-corrected chi connectivity index (χ4v) is 1.55. The lowest BCUT2D eigenvalue weighted by Crippen LogP contribution is -2.27. The smallest absolute Gasteiger partial charge is 0.231 e. The van der Waals surface area contributed by atoms with Crippen molar-refractivity contribution in [2.24, 2.45) is 0 Å². The van der Waals surface area contributed by atoms with Crippen molar-refractivity contribution in [1.82, 2.24) is 4.98 Å². The molecule has 0 spiro atoms. The summed E-state index contributed by atoms with van der Waals surface area (Å²) in [6.07, 6.45) is 6.61. The van der Waals surface area contributed by atoms with E-state index in [0.717, 1.165) is 20.0 Å². The molecule has 4 heteroatoms. The van der Waals surface area contributed by atoms with E-state index in [-0.39, 0.29) is 0 Å². The van der Waals surface area contributed by atoms with Crippen molar-refractivity contribution in [2.45, 2.75) is 0 Å². The second kappa shape index (κ2) is 2.71. The standard InChI is InChI=1S/C8H6BrN2O/c9-8-4-10-3-6-5-11(12)2-1-7(6)8/h1-5,12H/q+1. The van der Waals surface area contributed by atoms with E-state index in [1.165, 1.54) is 0 Å². The lowest BCUT2D eigenvalue weighted by molar-refractivity contribution is -0.903. The summed E-state index contributed by atoms with van der Waals surface area (Å²) in [6.45, 7) is 0. The average molecular weight is 226 g/mol. The van der Waals surface area contributed by atoms with Crippen LogP contribution in [0.4, 0.5) is 0 Å². The SMILES string of the molecule is O[n+]1ccc2c(Br)cncc2c1. The first-order valence-electron chi connectivity index (χ1n) is 3.41. The summed E-state index contributed by atoms with van der Waals surface area (Å²) in [6, 6.07) is 1.82. The van der Waals surface area contributed by atoms with Gasteiger partial charge in [0.1, 0.15) is 0 Å². The third-order valence-electron chi connectivity index (χ3n) is 1.64. The maximum atomic E-state index is 9.09. The average Bonchev–Trinajstić information content (AvgIpc) is 2.04. The van der Waals surface area contributed by atoms with Gasteiger partial charge in [-0.15, -0.1) is 0 Å². The number of pyridine rings is 2. The fourth-order valence-electron chi connectivity index (χ4n) is 1.08. The van der Waals surface area contributed by atoms with Gasteiger partial charge in [-0.1, -0.05) is 0 Å². The zero-order valence-corrected chi connectivity index (χ0v) is 7.69. The molecule has 0 saturated heterocycles. The number of aromatic nitrogens is 2. The lowest BCUT2D eigenvalue weighted by Gasteiger charge is -1.94. The highest BCUT2D eigenvalue weighted by Gasteiger charge is 2.03. The Hall–Kier alpha value is -1.16. The van der Waals surface area contributed by atoms with Gasteiger partial charge in [-0.3, -0.25) is 10.2 Å². The Kier molecular flexibility index (Phi) is 1.69. The molecule has 2 heterocycles. The van der Waals surface area contributed by atoms with E-state index in [1.807, 2.05) is 6.07 Å². The van der Waals surface area contributed by atoms with Crippen molar-refractivity contribution in [2.75, 3.05) is 0 Å². The molecule has 0 aromatic carbocycles. The van der Waals surface area contributed by atoms with E-state index in [0.29, 0.717) is 0 Å². The zero-order valence-electron chi connectivity index (χ0n) is 6.11. The molecule has 0 amide bonds. The number of halogens is 1. The number of fused-ring (bicyclic) bond motifs is 1. The summed E-state index contributed by atoms with van der Waals surface area (Å²) in [5.74, 6) is 0. The van der Waals surface area contributed by atoms with Gasteiger partial charge in [0.2, 0.25) is 12.4 Å². The number of rotatable bonds is 0. The molecule has 0 fully saturated rings. The van der Waals surface area contributed by atoms with Crippen LogP contribution in [0.2, 0.25) is 0 Å². The van der Waals surface area contributed by atoms with Crippen LogP contribution in [0.25, 0.3) is 10.8 Å². The zero-order chi connectivity index (χ0) is 8.55. The summed E-state index contributed by atoms with van der Waals surface area (Å²) < 4.78 is 1.94. The second-order valence-corrected chi connectivity index (χ2v) is 3.30. The minimum atomic E-state index is 0.898. The van der Waals surface area contributed by atoms with Crippen molar-refractivity contribution in [1.29, 1.82) is 0 Å². The molecule has 2 rings (SSSR count). The van der Waals surface area contributed by atoms with Crippen molar-refractivity contribution in [3.63, 3.8) is 0 Å². The second-order valence-electron chi connectivity index (χ2n) is 2.45. The monoisotopic (exact) mass is 225 g/mol. The van der Waals surface area contributed by atoms with Crippen LogP contribution in [0, 0.1) is 0 Å². The Morgan fingerprint density at radius 1 is 1.42 bits per heavy atom. The maximum Gasteiger partial charge on any atom is 0.231 e. The van der Waals surface area contributed by atoms with Gasteiger partial charge in [-0.05, 0) is 15.9 Å². The molecule has 1 N–H and O–H groups in total. The molecule has 0 aliphatic rings. The third-order valence-corrected chi connectivity index (χ3v) is 2.27. The van der Waals surface area contributed by atoms with Crippen LogP contribution in [0.3, 0.4) is 0 Å². The van der Waals surface area contributed by atoms with Crippen molar-refractivity contribution in [3.8, 4) is 0 Å². The lowest BCUT2D eigenvalue weighted by atomic mass is 10.2. The van der Waals surface area contributed by atoms with E-state index >= 15 is 0 Å². The molecule has 0 aliphatic carbocycles. The molecule has 12 heavy (non-hydrogen) atoms. The van der Waals surface area contributed by atoms with Crippen molar-refractivity contribution in [3.05, 3.63) is 35.3 Å². The minimum Gasteiger partial charge on any atom is -0.285 e. The molecule has 0 radical (unpaired) electrons. The fraction of sp³-hybridized carbons (Fsp3) is 0. The van der Waals surface area contributed by atoms with Crippen molar-refractivity contribution < 1.29 is 9.94 Å². The first-order chi connectivity index (χ1) is 5.77. The van der Waals surface area contributed by atoms with Crippen LogP contribution in [0.1, 0.15) is 0 Å². The predicted molar refractivity (Wildman–Crippen MR) is 46.8 cm³/mol. The van der Waals surface area contributed by atoms with Gasteiger partial charge in [0, 0.05) is 33.0 Å². The summed E-state index contributed by atoms with van der Waals surface area (Å²) in [4.78, 5) is 3.98. The Morgan fingerprint density at radius 3 is 3.08 bits per heavy atom. The Bertz CT molecular complexity index is 430. The summed E-state index contributed by atoms with van der Waals surface area (Å²) >= 11 is 3.37. The molecule has 2 aromatic rings. The van der Waals surface area contributed by atoms with Gasteiger partial charge in [0.15, 0.2) is 0 Å². The molecular formula is C8H6BrN2O+. The van der Waals surface area contributed by atoms with Gasteiger partial charge in [0.25, 0.3) is 0 Å². The summed E-state index contributed by atoms with van der Waals surface area (Å²) in [5.41, 5.74) is 0. The van der Waals surface area contributed by atoms with Gasteiger partial charge in [0.05, 0.1) is 5.39 Å². The Labute approximate surface area is 77.4 Å². The highest BCUT2D eigenvalue weighted by atomic mass is 79.9. The molecule has 2 aromatic heterocycles. The molecule has 60 valence electrons. The van der Waals surface area contributed by atoms with Crippen LogP contribution in [-0.4, -0.2) is 10.2 Å². The largest absolute Gasteiger partial charge is 0.285 e. The quantitative estimate of drug-likeness (QED) is 0.546. The molecule has 0 saturated carbocycles. The van der Waals surface area contributed by atoms with E-state index in [9.17, 15) is 0 Å². The number of hydrogen-bond donors (Lipinski definition) is 1. The number of nitrogens with zero attached hydrogens (tertiary/aromatic N) is 2. The number of hydrogen-bond acceptors (Lipinski definition) is 2. The molecule has 0 aliphatic heterocycles. The molecular weight excluding hydrogens is 220 g/mol. The van der Waals surface area contributed by atoms with E-state index in [2.05, 4.69) is 20.9 Å². The first kappa shape index (κ1) is 7.49. The normalized spacial score (nSPS) is 10.4.